The fourth-order valence-corrected chi connectivity index (χ4v) is 0.333. The van der Waals surface area contributed by atoms with E-state index in [9.17, 15) is 0 Å². The first-order chi connectivity index (χ1) is 3.91. The normalized spacial score (nSPS) is 7.56. The minimum Gasteiger partial charge on any atom is -0.0888 e. The van der Waals surface area contributed by atoms with E-state index >= 15 is 0 Å². The summed E-state index contributed by atoms with van der Waals surface area (Å²) in [5, 5.41) is 0. The molecule has 0 saturated heterocycles. The molecule has 0 heterocycles. The summed E-state index contributed by atoms with van der Waals surface area (Å²) < 4.78 is 0. The molecule has 0 aliphatic carbocycles. The Balaban J connectivity index is -0.000000109. The predicted octanol–water partition coefficient (Wildman–Crippen LogP) is 4.02. The van der Waals surface area contributed by atoms with Crippen LogP contribution in [0.5, 0.6) is 0 Å². The number of hydrogen-bond donors (Lipinski definition) is 0. The molecule has 0 N–H and O–H groups in total. The predicted molar refractivity (Wildman–Crippen MR) is 47.8 cm³/mol. The van der Waals surface area contributed by atoms with Gasteiger partial charge in [-0.05, 0) is 12.8 Å². The van der Waals surface area contributed by atoms with Crippen molar-refractivity contribution in [3.05, 3.63) is 12.2 Å². The van der Waals surface area contributed by atoms with E-state index in [1.807, 2.05) is 13.8 Å². The van der Waals surface area contributed by atoms with E-state index in [0.29, 0.717) is 0 Å². The largest absolute Gasteiger partial charge is 0.0888 e. The molecular formula is C9H22. The van der Waals surface area contributed by atoms with E-state index in [1.165, 1.54) is 12.8 Å². The molecule has 0 aliphatic heterocycles. The molecule has 0 aliphatic rings. The second-order valence-electron chi connectivity index (χ2n) is 1.29. The molecule has 0 saturated carbocycles. The average Bonchev–Trinajstić information content (AvgIpc) is 1.88. The van der Waals surface area contributed by atoms with Crippen LogP contribution in [0, 0.1) is 0 Å². The Labute approximate surface area is 61.0 Å². The van der Waals surface area contributed by atoms with Crippen LogP contribution in [-0.2, 0) is 0 Å². The smallest absolute Gasteiger partial charge is 0.0379 e. The zero-order chi connectivity index (χ0) is 6.83. The van der Waals surface area contributed by atoms with Gasteiger partial charge in [0.1, 0.15) is 0 Å². The zero-order valence-electron chi connectivity index (χ0n) is 6.57. The Kier molecular flexibility index (Phi) is 44.4. The topological polar surface area (TPSA) is 0 Å². The number of hydrogen-bond acceptors (Lipinski definition) is 0. The quantitative estimate of drug-likeness (QED) is 0.495. The molecule has 0 amide bonds. The third-order valence-electron chi connectivity index (χ3n) is 0.638. The van der Waals surface area contributed by atoms with Crippen LogP contribution in [0.3, 0.4) is 0 Å². The van der Waals surface area contributed by atoms with Gasteiger partial charge in [0.05, 0.1) is 0 Å². The summed E-state index contributed by atoms with van der Waals surface area (Å²) in [4.78, 5) is 0. The molecule has 0 rings (SSSR count). The molecule has 0 aromatic rings. The third-order valence-corrected chi connectivity index (χ3v) is 0.638. The monoisotopic (exact) mass is 130 g/mol. The van der Waals surface area contributed by atoms with Crippen molar-refractivity contribution in [1.82, 2.24) is 0 Å². The minimum absolute atomic E-state index is 0. The van der Waals surface area contributed by atoms with Crippen LogP contribution in [0.15, 0.2) is 12.2 Å². The van der Waals surface area contributed by atoms with Gasteiger partial charge < -0.3 is 0 Å². The molecule has 0 heteroatoms. The average molecular weight is 130 g/mol. The molecule has 0 atom stereocenters. The molecule has 0 radical (unpaired) electrons. The summed E-state index contributed by atoms with van der Waals surface area (Å²) in [7, 11) is 0. The van der Waals surface area contributed by atoms with Crippen LogP contribution in [0.25, 0.3) is 0 Å². The van der Waals surface area contributed by atoms with Crippen LogP contribution in [0.1, 0.15) is 48.0 Å². The van der Waals surface area contributed by atoms with Crippen molar-refractivity contribution in [3.8, 4) is 0 Å². The van der Waals surface area contributed by atoms with Crippen LogP contribution < -0.4 is 0 Å². The Morgan fingerprint density at radius 2 is 1.11 bits per heavy atom. The summed E-state index contributed by atoms with van der Waals surface area (Å²) in [5.74, 6) is 0. The molecule has 0 fully saturated rings. The molecule has 58 valence electrons. The SMILES string of the molecule is C.CC.CC/C=C\CC. The maximum Gasteiger partial charge on any atom is -0.0379 e. The molecule has 0 spiro atoms. The van der Waals surface area contributed by atoms with E-state index in [2.05, 4.69) is 26.0 Å². The van der Waals surface area contributed by atoms with E-state index in [-0.39, 0.29) is 7.43 Å². The lowest BCUT2D eigenvalue weighted by Crippen LogP contribution is -1.51. The standard InChI is InChI=1S/C6H12.C2H6.CH4/c1-3-5-6-4-2;1-2;/h5-6H,3-4H2,1-2H3;1-2H3;1H4/b6-5-;;. The van der Waals surface area contributed by atoms with E-state index in [0.717, 1.165) is 0 Å². The van der Waals surface area contributed by atoms with Crippen LogP contribution in [0.4, 0.5) is 0 Å². The van der Waals surface area contributed by atoms with Crippen molar-refractivity contribution >= 4 is 0 Å². The lowest BCUT2D eigenvalue weighted by Gasteiger charge is -1.72. The molecule has 0 aromatic carbocycles. The van der Waals surface area contributed by atoms with Gasteiger partial charge in [0.25, 0.3) is 0 Å². The van der Waals surface area contributed by atoms with Crippen molar-refractivity contribution in [3.63, 3.8) is 0 Å². The van der Waals surface area contributed by atoms with Crippen LogP contribution >= 0.6 is 0 Å². The Morgan fingerprint density at radius 3 is 1.22 bits per heavy atom. The lowest BCUT2D eigenvalue weighted by atomic mass is 10.4. The first kappa shape index (κ1) is 15.9. The molecule has 0 aromatic heterocycles. The maximum atomic E-state index is 2.18. The summed E-state index contributed by atoms with van der Waals surface area (Å²) in [5.41, 5.74) is 0. The highest BCUT2D eigenvalue weighted by Crippen LogP contribution is 1.81. The molecule has 0 nitrogen and oxygen atoms in total. The van der Waals surface area contributed by atoms with Gasteiger partial charge in [0, 0.05) is 0 Å². The van der Waals surface area contributed by atoms with Crippen molar-refractivity contribution in [2.45, 2.75) is 48.0 Å². The van der Waals surface area contributed by atoms with Gasteiger partial charge in [-0.2, -0.15) is 0 Å². The summed E-state index contributed by atoms with van der Waals surface area (Å²) in [6.07, 6.45) is 6.71. The summed E-state index contributed by atoms with van der Waals surface area (Å²) in [6, 6.07) is 0. The molecule has 9 heavy (non-hydrogen) atoms. The van der Waals surface area contributed by atoms with Gasteiger partial charge in [-0.3, -0.25) is 0 Å². The van der Waals surface area contributed by atoms with Gasteiger partial charge >= 0.3 is 0 Å². The van der Waals surface area contributed by atoms with Crippen LogP contribution in [0.2, 0.25) is 0 Å². The van der Waals surface area contributed by atoms with Crippen molar-refractivity contribution in [2.24, 2.45) is 0 Å². The summed E-state index contributed by atoms with van der Waals surface area (Å²) in [6.45, 7) is 8.29. The Hall–Kier alpha value is -0.260. The number of rotatable bonds is 2. The Morgan fingerprint density at radius 1 is 0.889 bits per heavy atom. The van der Waals surface area contributed by atoms with Gasteiger partial charge in [-0.25, -0.2) is 0 Å². The second kappa shape index (κ2) is 25.1. The Bertz CT molecular complexity index is 29.3. The van der Waals surface area contributed by atoms with Crippen molar-refractivity contribution < 1.29 is 0 Å². The fraction of sp³-hybridized carbons (Fsp3) is 0.778. The van der Waals surface area contributed by atoms with Crippen molar-refractivity contribution in [2.75, 3.05) is 0 Å². The zero-order valence-corrected chi connectivity index (χ0v) is 6.57. The third kappa shape index (κ3) is 34.0. The van der Waals surface area contributed by atoms with Gasteiger partial charge in [0.15, 0.2) is 0 Å². The van der Waals surface area contributed by atoms with Crippen LogP contribution in [-0.4, -0.2) is 0 Å². The lowest BCUT2D eigenvalue weighted by molar-refractivity contribution is 1.16. The van der Waals surface area contributed by atoms with Gasteiger partial charge in [0.2, 0.25) is 0 Å². The molecule has 0 bridgehead atoms. The second-order valence-corrected chi connectivity index (χ2v) is 1.29. The first-order valence-corrected chi connectivity index (χ1v) is 3.56. The first-order valence-electron chi connectivity index (χ1n) is 3.56. The maximum absolute atomic E-state index is 2.18. The summed E-state index contributed by atoms with van der Waals surface area (Å²) >= 11 is 0. The van der Waals surface area contributed by atoms with Gasteiger partial charge in [-0.15, -0.1) is 0 Å². The van der Waals surface area contributed by atoms with Crippen molar-refractivity contribution in [1.29, 1.82) is 0 Å². The number of allylic oxidation sites excluding steroid dienone is 2. The highest BCUT2D eigenvalue weighted by atomic mass is 13.7. The highest BCUT2D eigenvalue weighted by molar-refractivity contribution is 4.77. The van der Waals surface area contributed by atoms with E-state index in [4.69, 9.17) is 0 Å². The van der Waals surface area contributed by atoms with E-state index < -0.39 is 0 Å². The molecular weight excluding hydrogens is 108 g/mol. The molecule has 0 unspecified atom stereocenters. The highest BCUT2D eigenvalue weighted by Gasteiger charge is 1.60. The van der Waals surface area contributed by atoms with E-state index in [1.54, 1.807) is 0 Å². The minimum atomic E-state index is 0. The van der Waals surface area contributed by atoms with Gasteiger partial charge in [-0.1, -0.05) is 47.3 Å². The fourth-order valence-electron chi connectivity index (χ4n) is 0.333.